The molecule has 1 heterocycles. The van der Waals surface area contributed by atoms with Gasteiger partial charge in [0.1, 0.15) is 6.54 Å². The van der Waals surface area contributed by atoms with Crippen molar-refractivity contribution in [2.75, 3.05) is 0 Å². The maximum Gasteiger partial charge on any atom is 0.254 e. The molecule has 0 aliphatic heterocycles. The van der Waals surface area contributed by atoms with Crippen molar-refractivity contribution in [1.82, 2.24) is 15.0 Å². The lowest BCUT2D eigenvalue weighted by Gasteiger charge is -2.25. The average Bonchev–Trinajstić information content (AvgIpc) is 3.09. The van der Waals surface area contributed by atoms with Gasteiger partial charge in [0.2, 0.25) is 11.7 Å². The average molecular weight is 390 g/mol. The van der Waals surface area contributed by atoms with Crippen molar-refractivity contribution in [3.05, 3.63) is 70.0 Å². The summed E-state index contributed by atoms with van der Waals surface area (Å²) in [6.45, 7) is 4.09. The molecule has 1 amide bonds. The molecule has 134 valence electrons. The van der Waals surface area contributed by atoms with Gasteiger partial charge in [-0.2, -0.15) is 4.98 Å². The van der Waals surface area contributed by atoms with Crippen molar-refractivity contribution in [3.63, 3.8) is 0 Å². The summed E-state index contributed by atoms with van der Waals surface area (Å²) >= 11 is 11.8. The summed E-state index contributed by atoms with van der Waals surface area (Å²) in [5.41, 5.74) is 1.35. The van der Waals surface area contributed by atoms with E-state index in [4.69, 9.17) is 27.7 Å². The molecule has 3 aromatic rings. The number of hydrogen-bond acceptors (Lipinski definition) is 4. The van der Waals surface area contributed by atoms with Gasteiger partial charge in [0.25, 0.3) is 5.91 Å². The Kier molecular flexibility index (Phi) is 5.59. The number of carbonyl (C=O) groups is 1. The Bertz CT molecular complexity index is 890. The molecule has 0 fully saturated rings. The van der Waals surface area contributed by atoms with E-state index in [1.54, 1.807) is 41.3 Å². The van der Waals surface area contributed by atoms with Gasteiger partial charge in [-0.1, -0.05) is 28.4 Å². The molecule has 0 atom stereocenters. The van der Waals surface area contributed by atoms with Gasteiger partial charge in [0.05, 0.1) is 0 Å². The van der Waals surface area contributed by atoms with Crippen LogP contribution in [0.4, 0.5) is 0 Å². The zero-order chi connectivity index (χ0) is 18.7. The molecule has 0 radical (unpaired) electrons. The van der Waals surface area contributed by atoms with Gasteiger partial charge in [-0.3, -0.25) is 4.79 Å². The van der Waals surface area contributed by atoms with Gasteiger partial charge in [0, 0.05) is 27.2 Å². The zero-order valence-electron chi connectivity index (χ0n) is 14.3. The Hall–Kier alpha value is -2.37. The van der Waals surface area contributed by atoms with Crippen LogP contribution in [0.3, 0.4) is 0 Å². The lowest BCUT2D eigenvalue weighted by atomic mass is 10.1. The lowest BCUT2D eigenvalue weighted by molar-refractivity contribution is 0.0667. The molecular weight excluding hydrogens is 373 g/mol. The Morgan fingerprint density at radius 2 is 1.62 bits per heavy atom. The van der Waals surface area contributed by atoms with Crippen molar-refractivity contribution in [3.8, 4) is 11.4 Å². The number of hydrogen-bond donors (Lipinski definition) is 0. The highest BCUT2D eigenvalue weighted by Gasteiger charge is 2.22. The van der Waals surface area contributed by atoms with E-state index in [0.29, 0.717) is 27.3 Å². The fourth-order valence-corrected chi connectivity index (χ4v) is 2.68. The summed E-state index contributed by atoms with van der Waals surface area (Å²) in [6.07, 6.45) is 0. The zero-order valence-corrected chi connectivity index (χ0v) is 15.8. The predicted molar refractivity (Wildman–Crippen MR) is 101 cm³/mol. The third-order valence-electron chi connectivity index (χ3n) is 3.85. The van der Waals surface area contributed by atoms with Crippen LogP contribution in [0.25, 0.3) is 11.4 Å². The van der Waals surface area contributed by atoms with Crippen molar-refractivity contribution >= 4 is 29.1 Å². The Balaban J connectivity index is 1.79. The van der Waals surface area contributed by atoms with E-state index in [0.717, 1.165) is 5.56 Å². The van der Waals surface area contributed by atoms with Crippen LogP contribution in [-0.4, -0.2) is 27.0 Å². The minimum atomic E-state index is -0.122. The quantitative estimate of drug-likeness (QED) is 0.609. The molecule has 0 aliphatic carbocycles. The minimum absolute atomic E-state index is 0.0379. The van der Waals surface area contributed by atoms with Gasteiger partial charge in [-0.25, -0.2) is 0 Å². The summed E-state index contributed by atoms with van der Waals surface area (Å²) in [4.78, 5) is 18.9. The van der Waals surface area contributed by atoms with Gasteiger partial charge >= 0.3 is 0 Å². The van der Waals surface area contributed by atoms with Gasteiger partial charge in [0.15, 0.2) is 0 Å². The van der Waals surface area contributed by atoms with Gasteiger partial charge in [-0.15, -0.1) is 0 Å². The third kappa shape index (κ3) is 4.23. The first-order chi connectivity index (χ1) is 12.4. The first-order valence-electron chi connectivity index (χ1n) is 8.09. The molecule has 7 heteroatoms. The Labute approximate surface area is 161 Å². The van der Waals surface area contributed by atoms with Gasteiger partial charge < -0.3 is 9.42 Å². The molecule has 0 saturated carbocycles. The fraction of sp³-hybridized carbons (Fsp3) is 0.211. The highest BCUT2D eigenvalue weighted by atomic mass is 35.5. The fourth-order valence-electron chi connectivity index (χ4n) is 2.43. The van der Waals surface area contributed by atoms with Crippen LogP contribution in [-0.2, 0) is 6.54 Å². The van der Waals surface area contributed by atoms with E-state index < -0.39 is 0 Å². The lowest BCUT2D eigenvalue weighted by Crippen LogP contribution is -2.36. The smallest absolute Gasteiger partial charge is 0.254 e. The highest BCUT2D eigenvalue weighted by molar-refractivity contribution is 6.30. The Morgan fingerprint density at radius 3 is 2.19 bits per heavy atom. The van der Waals surface area contributed by atoms with Crippen LogP contribution in [0.15, 0.2) is 53.1 Å². The molecule has 0 unspecified atom stereocenters. The van der Waals surface area contributed by atoms with Crippen LogP contribution in [0.2, 0.25) is 10.0 Å². The summed E-state index contributed by atoms with van der Waals surface area (Å²) in [5, 5.41) is 5.21. The number of aromatic nitrogens is 2. The number of amides is 1. The van der Waals surface area contributed by atoms with Crippen LogP contribution < -0.4 is 0 Å². The maximum absolute atomic E-state index is 12.8. The maximum atomic E-state index is 12.8. The molecule has 3 rings (SSSR count). The summed E-state index contributed by atoms with van der Waals surface area (Å²) in [5.74, 6) is 0.702. The second-order valence-electron chi connectivity index (χ2n) is 6.05. The summed E-state index contributed by atoms with van der Waals surface area (Å²) < 4.78 is 5.33. The van der Waals surface area contributed by atoms with E-state index in [1.165, 1.54) is 0 Å². The number of nitrogens with zero attached hydrogens (tertiary/aromatic N) is 3. The molecule has 1 aromatic heterocycles. The molecule has 0 saturated heterocycles. The van der Waals surface area contributed by atoms with Crippen molar-refractivity contribution in [2.24, 2.45) is 0 Å². The monoisotopic (exact) mass is 389 g/mol. The first-order valence-corrected chi connectivity index (χ1v) is 8.84. The molecular formula is C19H17Cl2N3O2. The van der Waals surface area contributed by atoms with Crippen LogP contribution in [0, 0.1) is 0 Å². The van der Waals surface area contributed by atoms with E-state index >= 15 is 0 Å². The molecule has 2 aromatic carbocycles. The SMILES string of the molecule is CC(C)N(Cc1nc(-c2ccc(Cl)cc2)no1)C(=O)c1ccc(Cl)cc1. The van der Waals surface area contributed by atoms with E-state index in [1.807, 2.05) is 26.0 Å². The summed E-state index contributed by atoms with van der Waals surface area (Å²) in [7, 11) is 0. The normalized spacial score (nSPS) is 11.0. The molecule has 0 spiro atoms. The largest absolute Gasteiger partial charge is 0.337 e. The number of rotatable bonds is 5. The Morgan fingerprint density at radius 1 is 1.04 bits per heavy atom. The predicted octanol–water partition coefficient (Wildman–Crippen LogP) is 5.09. The number of carbonyl (C=O) groups excluding carboxylic acids is 1. The van der Waals surface area contributed by atoms with Crippen LogP contribution >= 0.6 is 23.2 Å². The standard InChI is InChI=1S/C19H17Cl2N3O2/c1-12(2)24(19(25)14-5-9-16(21)10-6-14)11-17-22-18(23-26-17)13-3-7-15(20)8-4-13/h3-10,12H,11H2,1-2H3. The van der Waals surface area contributed by atoms with Crippen LogP contribution in [0.5, 0.6) is 0 Å². The molecule has 5 nitrogen and oxygen atoms in total. The van der Waals surface area contributed by atoms with Crippen LogP contribution in [0.1, 0.15) is 30.1 Å². The minimum Gasteiger partial charge on any atom is -0.337 e. The topological polar surface area (TPSA) is 59.2 Å². The van der Waals surface area contributed by atoms with E-state index in [9.17, 15) is 4.79 Å². The molecule has 0 N–H and O–H groups in total. The second-order valence-corrected chi connectivity index (χ2v) is 6.93. The second kappa shape index (κ2) is 7.89. The van der Waals surface area contributed by atoms with Gasteiger partial charge in [-0.05, 0) is 62.4 Å². The first kappa shape index (κ1) is 18.4. The molecule has 0 aliphatic rings. The third-order valence-corrected chi connectivity index (χ3v) is 4.36. The molecule has 26 heavy (non-hydrogen) atoms. The van der Waals surface area contributed by atoms with Crippen molar-refractivity contribution in [2.45, 2.75) is 26.4 Å². The van der Waals surface area contributed by atoms with Crippen molar-refractivity contribution < 1.29 is 9.32 Å². The van der Waals surface area contributed by atoms with E-state index in [2.05, 4.69) is 10.1 Å². The highest BCUT2D eigenvalue weighted by Crippen LogP contribution is 2.20. The summed E-state index contributed by atoms with van der Waals surface area (Å²) in [6, 6.07) is 13.9. The number of benzene rings is 2. The number of halogens is 2. The molecule has 0 bridgehead atoms. The van der Waals surface area contributed by atoms with Crippen molar-refractivity contribution in [1.29, 1.82) is 0 Å². The van der Waals surface area contributed by atoms with E-state index in [-0.39, 0.29) is 18.5 Å².